The van der Waals surface area contributed by atoms with Crippen molar-refractivity contribution in [2.24, 2.45) is 0 Å². The first-order valence-electron chi connectivity index (χ1n) is 8.56. The molecule has 4 rings (SSSR count). The molecule has 26 heavy (non-hydrogen) atoms. The van der Waals surface area contributed by atoms with E-state index in [2.05, 4.69) is 58.7 Å². The summed E-state index contributed by atoms with van der Waals surface area (Å²) in [6, 6.07) is 22.9. The molecule has 4 aromatic rings. The number of nitrogens with zero attached hydrogens (tertiary/aromatic N) is 4. The molecular formula is C21H20N4S. The second-order valence-electron chi connectivity index (χ2n) is 6.20. The lowest BCUT2D eigenvalue weighted by Gasteiger charge is -2.21. The van der Waals surface area contributed by atoms with Gasteiger partial charge in [0.15, 0.2) is 6.17 Å². The molecule has 130 valence electrons. The van der Waals surface area contributed by atoms with Gasteiger partial charge in [-0.25, -0.2) is 9.36 Å². The largest absolute Gasteiger partial charge is 0.243 e. The lowest BCUT2D eigenvalue weighted by molar-refractivity contribution is 0.410. The first-order valence-corrected chi connectivity index (χ1v) is 9.38. The molecule has 0 saturated carbocycles. The van der Waals surface area contributed by atoms with Gasteiger partial charge in [-0.1, -0.05) is 48.2 Å². The maximum Gasteiger partial charge on any atom is 0.169 e. The third-order valence-corrected chi connectivity index (χ3v) is 5.25. The third kappa shape index (κ3) is 3.44. The molecule has 0 amide bonds. The summed E-state index contributed by atoms with van der Waals surface area (Å²) >= 11 is 1.76. The smallest absolute Gasteiger partial charge is 0.169 e. The molecule has 0 aliphatic carbocycles. The highest BCUT2D eigenvalue weighted by Crippen LogP contribution is 2.34. The van der Waals surface area contributed by atoms with Crippen LogP contribution in [0.25, 0.3) is 0 Å². The van der Waals surface area contributed by atoms with E-state index < -0.39 is 0 Å². The van der Waals surface area contributed by atoms with Crippen LogP contribution in [-0.2, 0) is 0 Å². The van der Waals surface area contributed by atoms with Crippen LogP contribution in [0.2, 0.25) is 0 Å². The van der Waals surface area contributed by atoms with Crippen LogP contribution in [-0.4, -0.2) is 19.6 Å². The van der Waals surface area contributed by atoms with E-state index in [0.717, 1.165) is 11.4 Å². The Kier molecular flexibility index (Phi) is 4.63. The van der Waals surface area contributed by atoms with Crippen LogP contribution in [0.5, 0.6) is 0 Å². The van der Waals surface area contributed by atoms with Crippen molar-refractivity contribution in [2.75, 3.05) is 0 Å². The minimum Gasteiger partial charge on any atom is -0.243 e. The fourth-order valence-corrected chi connectivity index (χ4v) is 3.93. The standard InChI is InChI=1S/C21H20N4S/c1-16-12-14-24(22-16)21(25-15-13-17(2)23-25)19-10-6-7-11-20(19)26-18-8-4-3-5-9-18/h3-15,21H,1-2H3. The van der Waals surface area contributed by atoms with E-state index in [1.807, 2.05) is 53.8 Å². The summed E-state index contributed by atoms with van der Waals surface area (Å²) in [5.41, 5.74) is 3.16. The van der Waals surface area contributed by atoms with Crippen molar-refractivity contribution in [2.45, 2.75) is 29.8 Å². The summed E-state index contributed by atoms with van der Waals surface area (Å²) in [6.45, 7) is 4.01. The van der Waals surface area contributed by atoms with Gasteiger partial charge in [0.1, 0.15) is 0 Å². The second kappa shape index (κ2) is 7.22. The number of hydrogen-bond acceptors (Lipinski definition) is 3. The molecule has 0 fully saturated rings. The Bertz CT molecular complexity index is 963. The van der Waals surface area contributed by atoms with Crippen LogP contribution in [0, 0.1) is 13.8 Å². The Morgan fingerprint density at radius 3 is 1.88 bits per heavy atom. The Morgan fingerprint density at radius 1 is 0.731 bits per heavy atom. The van der Waals surface area contributed by atoms with Crippen molar-refractivity contribution in [3.05, 3.63) is 96.1 Å². The highest BCUT2D eigenvalue weighted by Gasteiger charge is 2.21. The van der Waals surface area contributed by atoms with E-state index in [9.17, 15) is 0 Å². The zero-order chi connectivity index (χ0) is 17.9. The van der Waals surface area contributed by atoms with E-state index in [0.29, 0.717) is 0 Å². The van der Waals surface area contributed by atoms with Gasteiger partial charge in [-0.2, -0.15) is 10.2 Å². The molecule has 4 nitrogen and oxygen atoms in total. The topological polar surface area (TPSA) is 35.6 Å². The molecule has 0 saturated heterocycles. The van der Waals surface area contributed by atoms with Crippen LogP contribution < -0.4 is 0 Å². The molecule has 0 aliphatic heterocycles. The van der Waals surface area contributed by atoms with E-state index in [1.165, 1.54) is 15.4 Å². The summed E-state index contributed by atoms with van der Waals surface area (Å²) in [5, 5.41) is 9.34. The molecule has 0 spiro atoms. The summed E-state index contributed by atoms with van der Waals surface area (Å²) in [4.78, 5) is 2.41. The molecular weight excluding hydrogens is 340 g/mol. The fourth-order valence-electron chi connectivity index (χ4n) is 2.95. The van der Waals surface area contributed by atoms with Gasteiger partial charge >= 0.3 is 0 Å². The summed E-state index contributed by atoms with van der Waals surface area (Å²) in [7, 11) is 0. The first kappa shape index (κ1) is 16.7. The van der Waals surface area contributed by atoms with Gasteiger partial charge in [-0.3, -0.25) is 0 Å². The Labute approximate surface area is 157 Å². The highest BCUT2D eigenvalue weighted by molar-refractivity contribution is 7.99. The average Bonchev–Trinajstić information content (AvgIpc) is 3.26. The average molecular weight is 360 g/mol. The number of rotatable bonds is 5. The number of benzene rings is 2. The van der Waals surface area contributed by atoms with Crippen LogP contribution in [0.3, 0.4) is 0 Å². The zero-order valence-corrected chi connectivity index (χ0v) is 15.6. The van der Waals surface area contributed by atoms with Crippen LogP contribution >= 0.6 is 11.8 Å². The van der Waals surface area contributed by atoms with Crippen molar-refractivity contribution in [1.82, 2.24) is 19.6 Å². The maximum absolute atomic E-state index is 4.67. The normalized spacial score (nSPS) is 11.2. The van der Waals surface area contributed by atoms with Crippen LogP contribution in [0.15, 0.2) is 88.9 Å². The quantitative estimate of drug-likeness (QED) is 0.505. The van der Waals surface area contributed by atoms with Gasteiger partial charge < -0.3 is 0 Å². The molecule has 0 aliphatic rings. The molecule has 0 bridgehead atoms. The fraction of sp³-hybridized carbons (Fsp3) is 0.143. The molecule has 2 aromatic carbocycles. The predicted octanol–water partition coefficient (Wildman–Crippen LogP) is 4.94. The molecule has 0 N–H and O–H groups in total. The second-order valence-corrected chi connectivity index (χ2v) is 7.32. The Morgan fingerprint density at radius 2 is 1.31 bits per heavy atom. The Hall–Kier alpha value is -2.79. The van der Waals surface area contributed by atoms with Crippen molar-refractivity contribution >= 4 is 11.8 Å². The van der Waals surface area contributed by atoms with Gasteiger partial charge in [0.25, 0.3) is 0 Å². The molecule has 2 aromatic heterocycles. The van der Waals surface area contributed by atoms with Crippen LogP contribution in [0.4, 0.5) is 0 Å². The van der Waals surface area contributed by atoms with E-state index in [1.54, 1.807) is 11.8 Å². The maximum atomic E-state index is 4.67. The summed E-state index contributed by atoms with van der Waals surface area (Å²) < 4.78 is 3.96. The van der Waals surface area contributed by atoms with Crippen molar-refractivity contribution in [1.29, 1.82) is 0 Å². The lowest BCUT2D eigenvalue weighted by atomic mass is 10.1. The minimum atomic E-state index is -0.121. The van der Waals surface area contributed by atoms with Crippen LogP contribution in [0.1, 0.15) is 23.1 Å². The SMILES string of the molecule is Cc1ccn(C(c2ccccc2Sc2ccccc2)n2ccc(C)n2)n1. The van der Waals surface area contributed by atoms with E-state index in [-0.39, 0.29) is 6.17 Å². The van der Waals surface area contributed by atoms with Gasteiger partial charge in [-0.05, 0) is 44.2 Å². The summed E-state index contributed by atoms with van der Waals surface area (Å²) in [6.07, 6.45) is 3.91. The van der Waals surface area contributed by atoms with Gasteiger partial charge in [-0.15, -0.1) is 0 Å². The van der Waals surface area contributed by atoms with Gasteiger partial charge in [0, 0.05) is 27.7 Å². The third-order valence-electron chi connectivity index (χ3n) is 4.15. The summed E-state index contributed by atoms with van der Waals surface area (Å²) in [5.74, 6) is 0. The number of aromatic nitrogens is 4. The minimum absolute atomic E-state index is 0.121. The monoisotopic (exact) mass is 360 g/mol. The van der Waals surface area contributed by atoms with E-state index in [4.69, 9.17) is 0 Å². The molecule has 0 atom stereocenters. The lowest BCUT2D eigenvalue weighted by Crippen LogP contribution is -2.21. The molecule has 5 heteroatoms. The molecule has 0 unspecified atom stereocenters. The zero-order valence-electron chi connectivity index (χ0n) is 14.8. The predicted molar refractivity (Wildman–Crippen MR) is 104 cm³/mol. The van der Waals surface area contributed by atoms with Gasteiger partial charge in [0.2, 0.25) is 0 Å². The van der Waals surface area contributed by atoms with Crippen molar-refractivity contribution in [3.8, 4) is 0 Å². The first-order chi connectivity index (χ1) is 12.7. The molecule has 2 heterocycles. The van der Waals surface area contributed by atoms with Crippen molar-refractivity contribution in [3.63, 3.8) is 0 Å². The van der Waals surface area contributed by atoms with Gasteiger partial charge in [0.05, 0.1) is 11.4 Å². The van der Waals surface area contributed by atoms with E-state index >= 15 is 0 Å². The Balaban J connectivity index is 1.81. The van der Waals surface area contributed by atoms with Crippen molar-refractivity contribution < 1.29 is 0 Å². The molecule has 0 radical (unpaired) electrons. The highest BCUT2D eigenvalue weighted by atomic mass is 32.2. The number of hydrogen-bond donors (Lipinski definition) is 0. The number of aryl methyl sites for hydroxylation is 2.